The first kappa shape index (κ1) is 6.87. The molecule has 0 aromatic carbocycles. The number of carboxylic acid groups (broad SMARTS) is 1. The van der Waals surface area contributed by atoms with Gasteiger partial charge in [0.2, 0.25) is 0 Å². The van der Waals surface area contributed by atoms with Gasteiger partial charge in [0.1, 0.15) is 0 Å². The maximum absolute atomic E-state index is 10.2. The highest BCUT2D eigenvalue weighted by atomic mass is 35.5. The number of carbonyl (C=O) groups is 1. The summed E-state index contributed by atoms with van der Waals surface area (Å²) in [6.45, 7) is 0. The summed E-state index contributed by atoms with van der Waals surface area (Å²) in [5, 5.41) is 8.41. The molecule has 0 heterocycles. The molecule has 1 aliphatic rings. The zero-order chi connectivity index (χ0) is 6.85. The summed E-state index contributed by atoms with van der Waals surface area (Å²) in [7, 11) is 0. The van der Waals surface area contributed by atoms with Crippen molar-refractivity contribution >= 4 is 17.6 Å². The van der Waals surface area contributed by atoms with E-state index in [9.17, 15) is 4.79 Å². The molecule has 1 saturated carbocycles. The normalized spacial score (nSPS) is 32.1. The first-order valence-corrected chi connectivity index (χ1v) is 3.58. The number of aliphatic carboxylic acids is 1. The van der Waals surface area contributed by atoms with Crippen LogP contribution in [0.15, 0.2) is 0 Å². The van der Waals surface area contributed by atoms with Crippen molar-refractivity contribution in [3.8, 4) is 0 Å². The lowest BCUT2D eigenvalue weighted by Crippen LogP contribution is -1.99. The molecule has 0 aromatic rings. The van der Waals surface area contributed by atoms with Crippen LogP contribution in [0.5, 0.6) is 0 Å². The van der Waals surface area contributed by atoms with E-state index in [0.29, 0.717) is 11.8 Å². The van der Waals surface area contributed by atoms with Crippen LogP contribution in [-0.2, 0) is 4.79 Å². The van der Waals surface area contributed by atoms with Gasteiger partial charge in [-0.1, -0.05) is 0 Å². The molecular weight excluding hydrogens is 140 g/mol. The predicted octanol–water partition coefficient (Wildman–Crippen LogP) is 1.34. The minimum absolute atomic E-state index is 0.0799. The molecule has 0 saturated heterocycles. The third-order valence-electron chi connectivity index (χ3n) is 1.72. The van der Waals surface area contributed by atoms with Gasteiger partial charge >= 0.3 is 5.97 Å². The average molecular weight is 149 g/mol. The summed E-state index contributed by atoms with van der Waals surface area (Å²) in [5.74, 6) is 0.225. The Hall–Kier alpha value is -0.240. The molecule has 0 aromatic heterocycles. The number of hydrogen-bond acceptors (Lipinski definition) is 1. The Labute approximate surface area is 58.8 Å². The monoisotopic (exact) mass is 148 g/mol. The zero-order valence-corrected chi connectivity index (χ0v) is 5.77. The predicted molar refractivity (Wildman–Crippen MR) is 34.6 cm³/mol. The molecular formula is C6H9ClO2. The highest BCUT2D eigenvalue weighted by Gasteiger charge is 2.42. The molecule has 2 nitrogen and oxygen atoms in total. The van der Waals surface area contributed by atoms with Crippen LogP contribution in [0.2, 0.25) is 0 Å². The highest BCUT2D eigenvalue weighted by molar-refractivity contribution is 6.17. The fourth-order valence-corrected chi connectivity index (χ4v) is 1.29. The van der Waals surface area contributed by atoms with Crippen molar-refractivity contribution in [3.05, 3.63) is 0 Å². The molecule has 0 radical (unpaired) electrons. The van der Waals surface area contributed by atoms with E-state index in [4.69, 9.17) is 16.7 Å². The number of rotatable bonds is 3. The first-order chi connectivity index (χ1) is 4.25. The fourth-order valence-electron chi connectivity index (χ4n) is 1.01. The number of halogens is 1. The molecule has 1 aliphatic carbocycles. The van der Waals surface area contributed by atoms with Crippen LogP contribution < -0.4 is 0 Å². The van der Waals surface area contributed by atoms with Crippen LogP contribution in [0, 0.1) is 11.8 Å². The molecule has 0 aliphatic heterocycles. The minimum atomic E-state index is -0.662. The minimum Gasteiger partial charge on any atom is -0.481 e. The number of alkyl halides is 1. The average Bonchev–Trinajstić information content (AvgIpc) is 2.47. The molecule has 52 valence electrons. The second-order valence-corrected chi connectivity index (χ2v) is 2.80. The largest absolute Gasteiger partial charge is 0.481 e. The molecule has 2 unspecified atom stereocenters. The van der Waals surface area contributed by atoms with Gasteiger partial charge in [-0.25, -0.2) is 0 Å². The van der Waals surface area contributed by atoms with Gasteiger partial charge in [0.05, 0.1) is 5.92 Å². The van der Waals surface area contributed by atoms with E-state index >= 15 is 0 Å². The Morgan fingerprint density at radius 3 is 2.78 bits per heavy atom. The van der Waals surface area contributed by atoms with Crippen LogP contribution in [-0.4, -0.2) is 17.0 Å². The van der Waals surface area contributed by atoms with Crippen LogP contribution in [0.25, 0.3) is 0 Å². The molecule has 9 heavy (non-hydrogen) atoms. The Morgan fingerprint density at radius 1 is 1.78 bits per heavy atom. The second-order valence-electron chi connectivity index (χ2n) is 2.42. The lowest BCUT2D eigenvalue weighted by atomic mass is 10.2. The summed E-state index contributed by atoms with van der Waals surface area (Å²) >= 11 is 5.41. The van der Waals surface area contributed by atoms with Gasteiger partial charge in [-0.05, 0) is 18.8 Å². The van der Waals surface area contributed by atoms with Crippen LogP contribution >= 0.6 is 11.6 Å². The summed E-state index contributed by atoms with van der Waals surface area (Å²) in [6.07, 6.45) is 1.70. The van der Waals surface area contributed by atoms with Gasteiger partial charge in [-0.15, -0.1) is 11.6 Å². The van der Waals surface area contributed by atoms with Crippen LogP contribution in [0.3, 0.4) is 0 Å². The van der Waals surface area contributed by atoms with E-state index in [-0.39, 0.29) is 5.92 Å². The van der Waals surface area contributed by atoms with E-state index in [2.05, 4.69) is 0 Å². The molecule has 0 bridgehead atoms. The Balaban J connectivity index is 2.17. The summed E-state index contributed by atoms with van der Waals surface area (Å²) < 4.78 is 0. The second kappa shape index (κ2) is 2.56. The van der Waals surface area contributed by atoms with Gasteiger partial charge in [-0.2, -0.15) is 0 Å². The lowest BCUT2D eigenvalue weighted by molar-refractivity contribution is -0.138. The Kier molecular flexibility index (Phi) is 1.96. The first-order valence-electron chi connectivity index (χ1n) is 3.04. The molecule has 0 amide bonds. The van der Waals surface area contributed by atoms with E-state index in [0.717, 1.165) is 12.8 Å². The Morgan fingerprint density at radius 2 is 2.44 bits per heavy atom. The van der Waals surface area contributed by atoms with Gasteiger partial charge < -0.3 is 5.11 Å². The molecule has 0 spiro atoms. The van der Waals surface area contributed by atoms with Crippen molar-refractivity contribution in [1.82, 2.24) is 0 Å². The summed E-state index contributed by atoms with van der Waals surface area (Å²) in [5.41, 5.74) is 0. The molecule has 2 atom stereocenters. The Bertz CT molecular complexity index is 124. The number of carboxylic acids is 1. The smallest absolute Gasteiger partial charge is 0.306 e. The maximum Gasteiger partial charge on any atom is 0.306 e. The SMILES string of the molecule is O=C(O)C1CC1CCCl. The van der Waals surface area contributed by atoms with E-state index in [1.165, 1.54) is 0 Å². The van der Waals surface area contributed by atoms with Crippen molar-refractivity contribution in [1.29, 1.82) is 0 Å². The highest BCUT2D eigenvalue weighted by Crippen LogP contribution is 2.41. The molecule has 3 heteroatoms. The zero-order valence-electron chi connectivity index (χ0n) is 5.01. The fraction of sp³-hybridized carbons (Fsp3) is 0.833. The topological polar surface area (TPSA) is 37.3 Å². The van der Waals surface area contributed by atoms with E-state index < -0.39 is 5.97 Å². The summed E-state index contributed by atoms with van der Waals surface area (Å²) in [6, 6.07) is 0. The van der Waals surface area contributed by atoms with Crippen molar-refractivity contribution in [3.63, 3.8) is 0 Å². The number of hydrogen-bond donors (Lipinski definition) is 1. The van der Waals surface area contributed by atoms with Gasteiger partial charge in [0.25, 0.3) is 0 Å². The maximum atomic E-state index is 10.2. The van der Waals surface area contributed by atoms with Crippen molar-refractivity contribution in [2.24, 2.45) is 11.8 Å². The standard InChI is InChI=1S/C6H9ClO2/c7-2-1-4-3-5(4)6(8)9/h4-5H,1-3H2,(H,8,9). The van der Waals surface area contributed by atoms with E-state index in [1.807, 2.05) is 0 Å². The van der Waals surface area contributed by atoms with Crippen LogP contribution in [0.4, 0.5) is 0 Å². The van der Waals surface area contributed by atoms with Crippen molar-refractivity contribution in [2.75, 3.05) is 5.88 Å². The summed E-state index contributed by atoms with van der Waals surface area (Å²) in [4.78, 5) is 10.2. The van der Waals surface area contributed by atoms with Crippen molar-refractivity contribution in [2.45, 2.75) is 12.8 Å². The molecule has 1 N–H and O–H groups in total. The molecule has 1 fully saturated rings. The third-order valence-corrected chi connectivity index (χ3v) is 1.94. The van der Waals surface area contributed by atoms with Gasteiger partial charge in [0, 0.05) is 5.88 Å². The third kappa shape index (κ3) is 1.58. The van der Waals surface area contributed by atoms with E-state index in [1.54, 1.807) is 0 Å². The van der Waals surface area contributed by atoms with Gasteiger partial charge in [-0.3, -0.25) is 4.79 Å². The van der Waals surface area contributed by atoms with Gasteiger partial charge in [0.15, 0.2) is 0 Å². The van der Waals surface area contributed by atoms with Crippen LogP contribution in [0.1, 0.15) is 12.8 Å². The molecule has 1 rings (SSSR count). The quantitative estimate of drug-likeness (QED) is 0.614. The lowest BCUT2D eigenvalue weighted by Gasteiger charge is -1.88. The van der Waals surface area contributed by atoms with Crippen molar-refractivity contribution < 1.29 is 9.90 Å².